The van der Waals surface area contributed by atoms with Gasteiger partial charge in [-0.25, -0.2) is 0 Å². The molecular weight excluding hydrogens is 204 g/mol. The first kappa shape index (κ1) is 12.6. The molecular formula is C13H18O3. The molecule has 0 saturated heterocycles. The van der Waals surface area contributed by atoms with E-state index in [1.54, 1.807) is 26.4 Å². The first-order valence-electron chi connectivity index (χ1n) is 5.14. The van der Waals surface area contributed by atoms with Crippen LogP contribution in [-0.4, -0.2) is 19.3 Å². The fourth-order valence-electron chi connectivity index (χ4n) is 1.55. The Hall–Kier alpha value is -1.48. The number of hydrogen-bond donors (Lipinski definition) is 1. The van der Waals surface area contributed by atoms with Crippen LogP contribution in [0.5, 0.6) is 11.5 Å². The predicted octanol–water partition coefficient (Wildman–Crippen LogP) is 2.70. The summed E-state index contributed by atoms with van der Waals surface area (Å²) in [6.45, 7) is 3.88. The fourth-order valence-corrected chi connectivity index (χ4v) is 1.55. The molecule has 0 aliphatic heterocycles. The minimum Gasteiger partial charge on any atom is -0.493 e. The molecule has 1 aromatic rings. The lowest BCUT2D eigenvalue weighted by Gasteiger charge is -2.15. The van der Waals surface area contributed by atoms with Crippen LogP contribution in [0.15, 0.2) is 29.8 Å². The summed E-state index contributed by atoms with van der Waals surface area (Å²) >= 11 is 0. The molecule has 3 nitrogen and oxygen atoms in total. The monoisotopic (exact) mass is 222 g/mol. The van der Waals surface area contributed by atoms with Crippen LogP contribution in [0, 0.1) is 0 Å². The van der Waals surface area contributed by atoms with Crippen molar-refractivity contribution in [3.05, 3.63) is 35.4 Å². The first-order valence-corrected chi connectivity index (χ1v) is 5.14. The van der Waals surface area contributed by atoms with Crippen molar-refractivity contribution >= 4 is 0 Å². The smallest absolute Gasteiger partial charge is 0.166 e. The number of para-hydroxylation sites is 1. The number of hydrogen-bond acceptors (Lipinski definition) is 3. The average molecular weight is 222 g/mol. The highest BCUT2D eigenvalue weighted by Crippen LogP contribution is 2.35. The number of rotatable bonds is 4. The minimum atomic E-state index is -0.671. The largest absolute Gasteiger partial charge is 0.493 e. The van der Waals surface area contributed by atoms with Crippen molar-refractivity contribution in [2.75, 3.05) is 14.2 Å². The Morgan fingerprint density at radius 2 is 1.94 bits per heavy atom. The highest BCUT2D eigenvalue weighted by atomic mass is 16.5. The summed E-state index contributed by atoms with van der Waals surface area (Å²) < 4.78 is 10.4. The van der Waals surface area contributed by atoms with Gasteiger partial charge in [0.25, 0.3) is 0 Å². The van der Waals surface area contributed by atoms with Gasteiger partial charge in [0.15, 0.2) is 11.5 Å². The summed E-state index contributed by atoms with van der Waals surface area (Å²) in [5, 5.41) is 10.0. The molecule has 0 aromatic heterocycles. The Kier molecular flexibility index (Phi) is 4.38. The molecule has 16 heavy (non-hydrogen) atoms. The van der Waals surface area contributed by atoms with Crippen LogP contribution in [0.4, 0.5) is 0 Å². The third-order valence-corrected chi connectivity index (χ3v) is 2.24. The van der Waals surface area contributed by atoms with E-state index >= 15 is 0 Å². The van der Waals surface area contributed by atoms with E-state index < -0.39 is 6.10 Å². The van der Waals surface area contributed by atoms with Gasteiger partial charge >= 0.3 is 0 Å². The van der Waals surface area contributed by atoms with Gasteiger partial charge in [-0.2, -0.15) is 0 Å². The normalized spacial score (nSPS) is 11.8. The molecule has 0 amide bonds. The summed E-state index contributed by atoms with van der Waals surface area (Å²) in [7, 11) is 3.14. The van der Waals surface area contributed by atoms with E-state index in [0.717, 1.165) is 5.57 Å². The van der Waals surface area contributed by atoms with Crippen molar-refractivity contribution in [1.29, 1.82) is 0 Å². The molecule has 0 aliphatic carbocycles. The maximum Gasteiger partial charge on any atom is 0.166 e. The summed E-state index contributed by atoms with van der Waals surface area (Å²) in [5.74, 6) is 1.20. The molecule has 88 valence electrons. The molecule has 1 N–H and O–H groups in total. The van der Waals surface area contributed by atoms with E-state index in [4.69, 9.17) is 9.47 Å². The molecule has 1 atom stereocenters. The standard InChI is InChI=1S/C13H18O3/c1-9(2)8-11(14)10-6-5-7-12(15-3)13(10)16-4/h5-8,11,14H,1-4H3. The van der Waals surface area contributed by atoms with E-state index in [-0.39, 0.29) is 0 Å². The number of allylic oxidation sites excluding steroid dienone is 1. The van der Waals surface area contributed by atoms with Gasteiger partial charge in [0.05, 0.1) is 14.2 Å². The van der Waals surface area contributed by atoms with E-state index in [0.29, 0.717) is 17.1 Å². The maximum absolute atomic E-state index is 10.0. The summed E-state index contributed by atoms with van der Waals surface area (Å²) in [5.41, 5.74) is 1.76. The lowest BCUT2D eigenvalue weighted by Crippen LogP contribution is -2.00. The molecule has 0 heterocycles. The van der Waals surface area contributed by atoms with Crippen LogP contribution >= 0.6 is 0 Å². The Labute approximate surface area is 96.3 Å². The van der Waals surface area contributed by atoms with Crippen LogP contribution in [0.3, 0.4) is 0 Å². The van der Waals surface area contributed by atoms with Gasteiger partial charge in [0, 0.05) is 5.56 Å². The predicted molar refractivity (Wildman–Crippen MR) is 63.9 cm³/mol. The second kappa shape index (κ2) is 5.56. The zero-order valence-corrected chi connectivity index (χ0v) is 10.2. The second-order valence-corrected chi connectivity index (χ2v) is 3.77. The molecule has 3 heteroatoms. The van der Waals surface area contributed by atoms with Crippen LogP contribution in [0.2, 0.25) is 0 Å². The SMILES string of the molecule is COc1cccc(C(O)C=C(C)C)c1OC. The quantitative estimate of drug-likeness (QED) is 0.796. The van der Waals surface area contributed by atoms with Gasteiger partial charge in [0.1, 0.15) is 6.10 Å². The van der Waals surface area contributed by atoms with Crippen LogP contribution in [0.25, 0.3) is 0 Å². The van der Waals surface area contributed by atoms with Gasteiger partial charge in [0.2, 0.25) is 0 Å². The van der Waals surface area contributed by atoms with E-state index in [1.807, 2.05) is 26.0 Å². The molecule has 0 saturated carbocycles. The third kappa shape index (κ3) is 2.76. The first-order chi connectivity index (χ1) is 7.60. The highest BCUT2D eigenvalue weighted by molar-refractivity contribution is 5.48. The lowest BCUT2D eigenvalue weighted by atomic mass is 10.1. The van der Waals surface area contributed by atoms with E-state index in [9.17, 15) is 5.11 Å². The van der Waals surface area contributed by atoms with Crippen molar-refractivity contribution in [2.45, 2.75) is 20.0 Å². The molecule has 1 aromatic carbocycles. The molecule has 0 fully saturated rings. The Morgan fingerprint density at radius 1 is 1.25 bits per heavy atom. The van der Waals surface area contributed by atoms with Crippen molar-refractivity contribution in [2.24, 2.45) is 0 Å². The average Bonchev–Trinajstić information content (AvgIpc) is 2.26. The van der Waals surface area contributed by atoms with Gasteiger partial charge in [-0.05, 0) is 19.9 Å². The molecule has 0 bridgehead atoms. The molecule has 0 spiro atoms. The molecule has 1 unspecified atom stereocenters. The van der Waals surface area contributed by atoms with Gasteiger partial charge < -0.3 is 14.6 Å². The summed E-state index contributed by atoms with van der Waals surface area (Å²) in [6, 6.07) is 5.46. The van der Waals surface area contributed by atoms with Crippen molar-refractivity contribution in [3.63, 3.8) is 0 Å². The highest BCUT2D eigenvalue weighted by Gasteiger charge is 2.14. The fraction of sp³-hybridized carbons (Fsp3) is 0.385. The van der Waals surface area contributed by atoms with E-state index in [1.165, 1.54) is 0 Å². The zero-order chi connectivity index (χ0) is 12.1. The second-order valence-electron chi connectivity index (χ2n) is 3.77. The number of benzene rings is 1. The van der Waals surface area contributed by atoms with Gasteiger partial charge in [-0.15, -0.1) is 0 Å². The third-order valence-electron chi connectivity index (χ3n) is 2.24. The van der Waals surface area contributed by atoms with E-state index in [2.05, 4.69) is 0 Å². The number of aliphatic hydroxyl groups is 1. The maximum atomic E-state index is 10.0. The van der Waals surface area contributed by atoms with Crippen LogP contribution in [-0.2, 0) is 0 Å². The molecule has 0 aliphatic rings. The Bertz CT molecular complexity index is 379. The van der Waals surface area contributed by atoms with Crippen molar-refractivity contribution in [1.82, 2.24) is 0 Å². The number of ether oxygens (including phenoxy) is 2. The van der Waals surface area contributed by atoms with Gasteiger partial charge in [-0.1, -0.05) is 23.8 Å². The number of aliphatic hydroxyl groups excluding tert-OH is 1. The summed E-state index contributed by atoms with van der Waals surface area (Å²) in [6.07, 6.45) is 1.10. The van der Waals surface area contributed by atoms with Crippen LogP contribution in [0.1, 0.15) is 25.5 Å². The number of methoxy groups -OCH3 is 2. The van der Waals surface area contributed by atoms with Crippen molar-refractivity contribution < 1.29 is 14.6 Å². The molecule has 0 radical (unpaired) electrons. The lowest BCUT2D eigenvalue weighted by molar-refractivity contribution is 0.220. The minimum absolute atomic E-state index is 0.579. The topological polar surface area (TPSA) is 38.7 Å². The summed E-state index contributed by atoms with van der Waals surface area (Å²) in [4.78, 5) is 0. The Balaban J connectivity index is 3.17. The van der Waals surface area contributed by atoms with Crippen LogP contribution < -0.4 is 9.47 Å². The molecule has 1 rings (SSSR count). The Morgan fingerprint density at radius 3 is 2.44 bits per heavy atom. The van der Waals surface area contributed by atoms with Crippen molar-refractivity contribution in [3.8, 4) is 11.5 Å². The zero-order valence-electron chi connectivity index (χ0n) is 10.2. The van der Waals surface area contributed by atoms with Gasteiger partial charge in [-0.3, -0.25) is 0 Å².